The quantitative estimate of drug-likeness (QED) is 0.748. The molecule has 1 aromatic carbocycles. The maximum atomic E-state index is 12.4. The average Bonchev–Trinajstić information content (AvgIpc) is 2.41. The summed E-state index contributed by atoms with van der Waals surface area (Å²) in [5.41, 5.74) is 5.79. The van der Waals surface area contributed by atoms with Crippen molar-refractivity contribution in [3.8, 4) is 0 Å². The number of alkyl halides is 3. The van der Waals surface area contributed by atoms with Gasteiger partial charge >= 0.3 is 6.18 Å². The molecule has 2 N–H and O–H groups in total. The van der Waals surface area contributed by atoms with Crippen molar-refractivity contribution >= 4 is 0 Å². The van der Waals surface area contributed by atoms with Gasteiger partial charge in [-0.2, -0.15) is 13.2 Å². The van der Waals surface area contributed by atoms with E-state index in [0.717, 1.165) is 18.6 Å². The first kappa shape index (κ1) is 16.9. The van der Waals surface area contributed by atoms with Crippen molar-refractivity contribution in [1.29, 1.82) is 0 Å². The van der Waals surface area contributed by atoms with Gasteiger partial charge in [-0.1, -0.05) is 19.1 Å². The molecule has 1 atom stereocenters. The SMILES string of the molecule is CCCOCCOCC(N)c1ccc(C(F)(F)F)cc1. The third-order valence-electron chi connectivity index (χ3n) is 2.68. The number of hydrogen-bond donors (Lipinski definition) is 1. The maximum absolute atomic E-state index is 12.4. The number of benzene rings is 1. The second-order valence-corrected chi connectivity index (χ2v) is 4.41. The molecule has 0 heterocycles. The fraction of sp³-hybridized carbons (Fsp3) is 0.571. The largest absolute Gasteiger partial charge is 0.416 e. The standard InChI is InChI=1S/C14H20F3NO2/c1-2-7-19-8-9-20-10-13(18)11-3-5-12(6-4-11)14(15,16)17/h3-6,13H,2,7-10,18H2,1H3. The van der Waals surface area contributed by atoms with E-state index < -0.39 is 17.8 Å². The molecule has 20 heavy (non-hydrogen) atoms. The fourth-order valence-electron chi connectivity index (χ4n) is 1.59. The van der Waals surface area contributed by atoms with Gasteiger partial charge in [0.25, 0.3) is 0 Å². The lowest BCUT2D eigenvalue weighted by Crippen LogP contribution is -2.19. The van der Waals surface area contributed by atoms with Crippen LogP contribution < -0.4 is 5.73 Å². The van der Waals surface area contributed by atoms with Crippen LogP contribution in [0.25, 0.3) is 0 Å². The fourth-order valence-corrected chi connectivity index (χ4v) is 1.59. The molecule has 3 nitrogen and oxygen atoms in total. The van der Waals surface area contributed by atoms with Crippen LogP contribution in [0.3, 0.4) is 0 Å². The van der Waals surface area contributed by atoms with Crippen LogP contribution in [0.4, 0.5) is 13.2 Å². The Kier molecular flexibility index (Phi) is 6.98. The zero-order chi connectivity index (χ0) is 15.0. The molecule has 0 aromatic heterocycles. The van der Waals surface area contributed by atoms with Gasteiger partial charge < -0.3 is 15.2 Å². The van der Waals surface area contributed by atoms with Crippen molar-refractivity contribution < 1.29 is 22.6 Å². The lowest BCUT2D eigenvalue weighted by Gasteiger charge is -2.14. The summed E-state index contributed by atoms with van der Waals surface area (Å²) in [7, 11) is 0. The molecule has 0 amide bonds. The summed E-state index contributed by atoms with van der Waals surface area (Å²) in [4.78, 5) is 0. The third kappa shape index (κ3) is 5.90. The molecule has 0 radical (unpaired) electrons. The molecule has 1 rings (SSSR count). The van der Waals surface area contributed by atoms with E-state index in [2.05, 4.69) is 0 Å². The molecule has 0 bridgehead atoms. The van der Waals surface area contributed by atoms with Crippen LogP contribution in [0, 0.1) is 0 Å². The first-order valence-corrected chi connectivity index (χ1v) is 6.53. The zero-order valence-corrected chi connectivity index (χ0v) is 11.5. The lowest BCUT2D eigenvalue weighted by molar-refractivity contribution is -0.137. The van der Waals surface area contributed by atoms with Gasteiger partial charge in [-0.3, -0.25) is 0 Å². The number of nitrogens with two attached hydrogens (primary N) is 1. The molecule has 114 valence electrons. The highest BCUT2D eigenvalue weighted by Crippen LogP contribution is 2.29. The molecular weight excluding hydrogens is 271 g/mol. The van der Waals surface area contributed by atoms with E-state index >= 15 is 0 Å². The predicted molar refractivity (Wildman–Crippen MR) is 70.3 cm³/mol. The van der Waals surface area contributed by atoms with Crippen molar-refractivity contribution in [2.75, 3.05) is 26.4 Å². The average molecular weight is 291 g/mol. The Balaban J connectivity index is 2.34. The lowest BCUT2D eigenvalue weighted by atomic mass is 10.1. The molecule has 1 aromatic rings. The minimum atomic E-state index is -4.32. The molecule has 1 unspecified atom stereocenters. The van der Waals surface area contributed by atoms with E-state index in [9.17, 15) is 13.2 Å². The van der Waals surface area contributed by atoms with Gasteiger partial charge in [-0.25, -0.2) is 0 Å². The molecule has 6 heteroatoms. The van der Waals surface area contributed by atoms with Gasteiger partial charge in [0, 0.05) is 6.61 Å². The van der Waals surface area contributed by atoms with Crippen molar-refractivity contribution in [3.63, 3.8) is 0 Å². The van der Waals surface area contributed by atoms with Gasteiger partial charge in [0.2, 0.25) is 0 Å². The first-order valence-electron chi connectivity index (χ1n) is 6.53. The minimum absolute atomic E-state index is 0.251. The summed E-state index contributed by atoms with van der Waals surface area (Å²) in [5.74, 6) is 0. The van der Waals surface area contributed by atoms with Crippen LogP contribution in [-0.2, 0) is 15.7 Å². The third-order valence-corrected chi connectivity index (χ3v) is 2.68. The van der Waals surface area contributed by atoms with Crippen LogP contribution in [0.5, 0.6) is 0 Å². The Morgan fingerprint density at radius 3 is 2.20 bits per heavy atom. The number of halogens is 3. The smallest absolute Gasteiger partial charge is 0.379 e. The molecular formula is C14H20F3NO2. The highest BCUT2D eigenvalue weighted by Gasteiger charge is 2.30. The summed E-state index contributed by atoms with van der Waals surface area (Å²) in [6.07, 6.45) is -3.37. The topological polar surface area (TPSA) is 44.5 Å². The van der Waals surface area contributed by atoms with Gasteiger partial charge in [0.1, 0.15) is 0 Å². The number of hydrogen-bond acceptors (Lipinski definition) is 3. The van der Waals surface area contributed by atoms with E-state index in [0.29, 0.717) is 25.4 Å². The van der Waals surface area contributed by atoms with Crippen LogP contribution in [0.2, 0.25) is 0 Å². The van der Waals surface area contributed by atoms with E-state index in [1.54, 1.807) is 0 Å². The highest BCUT2D eigenvalue weighted by molar-refractivity contribution is 5.26. The second-order valence-electron chi connectivity index (χ2n) is 4.41. The first-order chi connectivity index (χ1) is 9.45. The van der Waals surface area contributed by atoms with Crippen LogP contribution in [0.1, 0.15) is 30.5 Å². The van der Waals surface area contributed by atoms with Crippen molar-refractivity contribution in [2.24, 2.45) is 5.73 Å². The molecule has 0 saturated carbocycles. The summed E-state index contributed by atoms with van der Waals surface area (Å²) in [6, 6.07) is 4.37. The Hall–Kier alpha value is -1.11. The van der Waals surface area contributed by atoms with Gasteiger partial charge in [-0.15, -0.1) is 0 Å². The number of ether oxygens (including phenoxy) is 2. The van der Waals surface area contributed by atoms with E-state index in [1.807, 2.05) is 6.92 Å². The maximum Gasteiger partial charge on any atom is 0.416 e. The summed E-state index contributed by atoms with van der Waals surface area (Å²) >= 11 is 0. The Morgan fingerprint density at radius 1 is 1.05 bits per heavy atom. The van der Waals surface area contributed by atoms with Crippen molar-refractivity contribution in [1.82, 2.24) is 0 Å². The molecule has 0 aliphatic rings. The molecule has 0 aliphatic carbocycles. The number of rotatable bonds is 8. The Morgan fingerprint density at radius 2 is 1.65 bits per heavy atom. The van der Waals surface area contributed by atoms with E-state index in [-0.39, 0.29) is 6.61 Å². The minimum Gasteiger partial charge on any atom is -0.379 e. The zero-order valence-electron chi connectivity index (χ0n) is 11.5. The van der Waals surface area contributed by atoms with Gasteiger partial charge in [-0.05, 0) is 24.1 Å². The molecule has 0 aliphatic heterocycles. The van der Waals surface area contributed by atoms with Gasteiger partial charge in [0.05, 0.1) is 31.4 Å². The van der Waals surface area contributed by atoms with E-state index in [4.69, 9.17) is 15.2 Å². The second kappa shape index (κ2) is 8.24. The normalized spacial score (nSPS) is 13.4. The Labute approximate surface area is 116 Å². The summed E-state index contributed by atoms with van der Waals surface area (Å²) < 4.78 is 47.8. The van der Waals surface area contributed by atoms with Crippen LogP contribution in [-0.4, -0.2) is 26.4 Å². The van der Waals surface area contributed by atoms with Gasteiger partial charge in [0.15, 0.2) is 0 Å². The molecule has 0 saturated heterocycles. The van der Waals surface area contributed by atoms with Crippen LogP contribution in [0.15, 0.2) is 24.3 Å². The summed E-state index contributed by atoms with van der Waals surface area (Å²) in [6.45, 7) is 3.87. The monoisotopic (exact) mass is 291 g/mol. The summed E-state index contributed by atoms with van der Waals surface area (Å²) in [5, 5.41) is 0. The Bertz CT molecular complexity index is 379. The molecule has 0 spiro atoms. The van der Waals surface area contributed by atoms with Crippen molar-refractivity contribution in [2.45, 2.75) is 25.6 Å². The highest BCUT2D eigenvalue weighted by atomic mass is 19.4. The van der Waals surface area contributed by atoms with Crippen molar-refractivity contribution in [3.05, 3.63) is 35.4 Å². The van der Waals surface area contributed by atoms with E-state index in [1.165, 1.54) is 12.1 Å². The predicted octanol–water partition coefficient (Wildman–Crippen LogP) is 3.15. The molecule has 0 fully saturated rings. The van der Waals surface area contributed by atoms with Crippen LogP contribution >= 0.6 is 0 Å².